The molecule has 180 valence electrons. The van der Waals surface area contributed by atoms with Gasteiger partial charge in [0, 0.05) is 5.92 Å². The summed E-state index contributed by atoms with van der Waals surface area (Å²) in [7, 11) is 0. The number of carbonyl (C=O) groups excluding carboxylic acids is 1. The predicted octanol–water partition coefficient (Wildman–Crippen LogP) is 5.62. The topological polar surface area (TPSA) is 93.5 Å². The number of hydrogen-bond donors (Lipinski definition) is 3. The van der Waals surface area contributed by atoms with Crippen molar-refractivity contribution < 1.29 is 4.79 Å². The lowest BCUT2D eigenvalue weighted by molar-refractivity contribution is -0.127. The highest BCUT2D eigenvalue weighted by Crippen LogP contribution is 2.64. The van der Waals surface area contributed by atoms with Crippen molar-refractivity contribution in [1.29, 1.82) is 0 Å². The van der Waals surface area contributed by atoms with Crippen LogP contribution in [0.4, 0.5) is 0 Å². The molecule has 8 atom stereocenters. The third-order valence-corrected chi connectivity index (χ3v) is 9.69. The number of hydrazine groups is 1. The summed E-state index contributed by atoms with van der Waals surface area (Å²) in [6.07, 6.45) is 12.7. The Morgan fingerprint density at radius 3 is 2.32 bits per heavy atom. The lowest BCUT2D eigenvalue weighted by Crippen LogP contribution is -2.49. The molecule has 4 rings (SSSR count). The Kier molecular flexibility index (Phi) is 10.3. The summed E-state index contributed by atoms with van der Waals surface area (Å²) in [4.78, 5) is 12.5. The third kappa shape index (κ3) is 5.66. The maximum Gasteiger partial charge on any atom is 0.147 e. The summed E-state index contributed by atoms with van der Waals surface area (Å²) in [5.74, 6) is 16.7. The summed E-state index contributed by atoms with van der Waals surface area (Å²) >= 11 is 3.44. The Balaban J connectivity index is 0.000000372. The average molecular weight is 500 g/mol. The van der Waals surface area contributed by atoms with Gasteiger partial charge in [0.2, 0.25) is 0 Å². The molecule has 4 saturated carbocycles. The van der Waals surface area contributed by atoms with Crippen LogP contribution in [0.3, 0.4) is 0 Å². The van der Waals surface area contributed by atoms with Gasteiger partial charge in [0.25, 0.3) is 0 Å². The van der Waals surface area contributed by atoms with E-state index in [-0.39, 0.29) is 0 Å². The van der Waals surface area contributed by atoms with Crippen LogP contribution in [0.1, 0.15) is 92.4 Å². The molecule has 0 spiro atoms. The Morgan fingerprint density at radius 2 is 1.74 bits per heavy atom. The van der Waals surface area contributed by atoms with Gasteiger partial charge in [-0.3, -0.25) is 4.79 Å². The van der Waals surface area contributed by atoms with E-state index in [0.29, 0.717) is 28.3 Å². The van der Waals surface area contributed by atoms with Crippen molar-refractivity contribution in [2.75, 3.05) is 5.33 Å². The zero-order chi connectivity index (χ0) is 23.2. The normalized spacial score (nSPS) is 41.3. The molecule has 0 radical (unpaired) electrons. The molecule has 6 heteroatoms. The zero-order valence-corrected chi connectivity index (χ0v) is 22.1. The first-order valence-electron chi connectivity index (χ1n) is 12.6. The largest absolute Gasteiger partial charge is 0.322 e. The molecule has 0 saturated heterocycles. The molecule has 0 amide bonds. The fraction of sp³-hybridized carbons (Fsp3) is 0.920. The summed E-state index contributed by atoms with van der Waals surface area (Å²) < 4.78 is 0. The van der Waals surface area contributed by atoms with E-state index in [1.165, 1.54) is 57.8 Å². The Bertz CT molecular complexity index is 612. The molecule has 5 nitrogen and oxygen atoms in total. The van der Waals surface area contributed by atoms with E-state index in [1.54, 1.807) is 6.92 Å². The highest BCUT2D eigenvalue weighted by atomic mass is 79.9. The molecular weight excluding hydrogens is 452 g/mol. The SMILES string of the molecule is C/C(=N/N)NN.CC.CC1CCC2C(CCC3C2CCC2(C)C(C(=O)CBr)CCC32)C1. The molecule has 0 bridgehead atoms. The summed E-state index contributed by atoms with van der Waals surface area (Å²) in [6.45, 7) is 10.6. The lowest BCUT2D eigenvalue weighted by atomic mass is 9.49. The van der Waals surface area contributed by atoms with Crippen LogP contribution in [0.15, 0.2) is 5.10 Å². The first-order valence-corrected chi connectivity index (χ1v) is 13.8. The molecule has 4 aliphatic rings. The third-order valence-electron chi connectivity index (χ3n) is 9.14. The van der Waals surface area contributed by atoms with E-state index < -0.39 is 0 Å². The van der Waals surface area contributed by atoms with Gasteiger partial charge in [-0.2, -0.15) is 5.10 Å². The maximum atomic E-state index is 12.5. The number of nitrogens with two attached hydrogens (primary N) is 2. The number of nitrogens with one attached hydrogen (secondary N) is 1. The van der Waals surface area contributed by atoms with E-state index >= 15 is 0 Å². The molecular formula is C25H47BrN4O. The van der Waals surface area contributed by atoms with Gasteiger partial charge in [0.1, 0.15) is 11.6 Å². The Labute approximate surface area is 199 Å². The van der Waals surface area contributed by atoms with Gasteiger partial charge < -0.3 is 11.3 Å². The fourth-order valence-corrected chi connectivity index (χ4v) is 8.14. The van der Waals surface area contributed by atoms with Gasteiger partial charge in [-0.15, -0.1) is 0 Å². The number of rotatable bonds is 2. The average Bonchev–Trinajstić information content (AvgIpc) is 3.16. The van der Waals surface area contributed by atoms with E-state index in [0.717, 1.165) is 35.5 Å². The number of Topliss-reactive ketones (excluding diaryl/α,β-unsaturated/α-hetero) is 1. The number of alkyl halides is 1. The second-order valence-corrected chi connectivity index (χ2v) is 11.0. The van der Waals surface area contributed by atoms with Crippen LogP contribution in [0.2, 0.25) is 0 Å². The van der Waals surface area contributed by atoms with Crippen LogP contribution in [-0.4, -0.2) is 16.9 Å². The van der Waals surface area contributed by atoms with Crippen LogP contribution in [0.5, 0.6) is 0 Å². The van der Waals surface area contributed by atoms with Crippen LogP contribution >= 0.6 is 15.9 Å². The van der Waals surface area contributed by atoms with Crippen molar-refractivity contribution in [2.45, 2.75) is 92.4 Å². The summed E-state index contributed by atoms with van der Waals surface area (Å²) in [6, 6.07) is 0. The number of hydrogen-bond acceptors (Lipinski definition) is 4. The van der Waals surface area contributed by atoms with E-state index in [4.69, 9.17) is 11.7 Å². The van der Waals surface area contributed by atoms with Gasteiger partial charge in [-0.1, -0.05) is 50.0 Å². The number of halogens is 1. The van der Waals surface area contributed by atoms with Crippen molar-refractivity contribution in [3.8, 4) is 0 Å². The fourth-order valence-electron chi connectivity index (χ4n) is 7.75. The molecule has 31 heavy (non-hydrogen) atoms. The zero-order valence-electron chi connectivity index (χ0n) is 20.5. The number of carbonyl (C=O) groups is 1. The minimum Gasteiger partial charge on any atom is -0.322 e. The number of amidine groups is 1. The standard InChI is InChI=1S/C21H33BrO.C2H8N4.C2H6/c1-13-3-5-15-14(11-13)4-6-17-16(15)9-10-21(2)18(17)7-8-19(21)20(23)12-22;1-2(5-3)6-4;1-2/h13-19H,3-12H2,1-2H3;3-4H2,1H3,(H,5,6);1-2H3. The Morgan fingerprint density at radius 1 is 1.06 bits per heavy atom. The molecule has 0 aliphatic heterocycles. The van der Waals surface area contributed by atoms with Crippen molar-refractivity contribution in [1.82, 2.24) is 5.43 Å². The van der Waals surface area contributed by atoms with Gasteiger partial charge in [0.05, 0.1) is 5.33 Å². The quantitative estimate of drug-likeness (QED) is 0.151. The highest BCUT2D eigenvalue weighted by molar-refractivity contribution is 9.09. The monoisotopic (exact) mass is 498 g/mol. The van der Waals surface area contributed by atoms with E-state index in [2.05, 4.69) is 40.3 Å². The molecule has 8 unspecified atom stereocenters. The van der Waals surface area contributed by atoms with Crippen molar-refractivity contribution in [3.63, 3.8) is 0 Å². The van der Waals surface area contributed by atoms with Crippen LogP contribution in [0, 0.1) is 46.8 Å². The Hall–Kier alpha value is -0.620. The van der Waals surface area contributed by atoms with Gasteiger partial charge in [0.15, 0.2) is 0 Å². The van der Waals surface area contributed by atoms with Gasteiger partial charge in [-0.25, -0.2) is 5.84 Å². The number of fused-ring (bicyclic) bond motifs is 5. The van der Waals surface area contributed by atoms with E-state index in [1.807, 2.05) is 13.8 Å². The van der Waals surface area contributed by atoms with Gasteiger partial charge >= 0.3 is 0 Å². The molecule has 5 N–H and O–H groups in total. The maximum absolute atomic E-state index is 12.5. The highest BCUT2D eigenvalue weighted by Gasteiger charge is 2.58. The molecule has 0 aromatic heterocycles. The minimum absolute atomic E-state index is 0.320. The summed E-state index contributed by atoms with van der Waals surface area (Å²) in [5, 5.41) is 3.75. The van der Waals surface area contributed by atoms with Crippen molar-refractivity contribution in [2.24, 2.45) is 63.6 Å². The van der Waals surface area contributed by atoms with Crippen LogP contribution in [0.25, 0.3) is 0 Å². The minimum atomic E-state index is 0.320. The summed E-state index contributed by atoms with van der Waals surface area (Å²) in [5.41, 5.74) is 2.56. The first kappa shape index (κ1) is 26.6. The molecule has 0 heterocycles. The molecule has 4 aliphatic carbocycles. The van der Waals surface area contributed by atoms with Gasteiger partial charge in [-0.05, 0) is 99.2 Å². The molecule has 0 aromatic carbocycles. The number of nitrogens with zero attached hydrogens (tertiary/aromatic N) is 1. The molecule has 0 aromatic rings. The molecule has 4 fully saturated rings. The van der Waals surface area contributed by atoms with Crippen molar-refractivity contribution in [3.05, 3.63) is 0 Å². The second kappa shape index (κ2) is 12.0. The van der Waals surface area contributed by atoms with E-state index in [9.17, 15) is 4.79 Å². The second-order valence-electron chi connectivity index (χ2n) is 10.5. The smallest absolute Gasteiger partial charge is 0.147 e. The first-order chi connectivity index (χ1) is 14.8. The van der Waals surface area contributed by atoms with Crippen molar-refractivity contribution >= 4 is 27.5 Å². The number of hydrazone groups is 1. The van der Waals surface area contributed by atoms with Crippen LogP contribution < -0.4 is 17.1 Å². The van der Waals surface area contributed by atoms with Crippen LogP contribution in [-0.2, 0) is 4.79 Å². The predicted molar refractivity (Wildman–Crippen MR) is 135 cm³/mol. The number of ketones is 1. The lowest BCUT2D eigenvalue weighted by Gasteiger charge is -2.56.